The van der Waals surface area contributed by atoms with Gasteiger partial charge in [-0.2, -0.15) is 0 Å². The molecule has 0 aromatic heterocycles. The van der Waals surface area contributed by atoms with Gasteiger partial charge in [0.2, 0.25) is 0 Å². The number of hydrogen-bond donors (Lipinski definition) is 18. The molecule has 12 atom stereocenters. The van der Waals surface area contributed by atoms with E-state index >= 15 is 0 Å². The maximum absolute atomic E-state index is 8.96. The van der Waals surface area contributed by atoms with Crippen LogP contribution in [-0.2, 0) is 0 Å². The summed E-state index contributed by atoms with van der Waals surface area (Å²) < 4.78 is 0. The minimum Gasteiger partial charge on any atom is -0.394 e. The molecular formula is C18H42O18. The molecule has 0 aliphatic heterocycles. The molecule has 0 aromatic rings. The fourth-order valence-corrected chi connectivity index (χ4v) is 2.01. The van der Waals surface area contributed by atoms with E-state index in [2.05, 4.69) is 0 Å². The number of aliphatic hydroxyl groups is 18. The SMILES string of the molecule is OC[C@@H](O)[C@@H](O)[C@H](O)[C@@H](O)CO.OC[C@@H](O)[C@@H](O)[C@H](O)[C@@H](O)CO.OC[C@@H](O)[C@@H](O)[C@H](O)[C@@H](O)CO. The second kappa shape index (κ2) is 22.3. The second-order valence-electron chi connectivity index (χ2n) is 7.44. The smallest absolute Gasteiger partial charge is 0.111 e. The lowest BCUT2D eigenvalue weighted by atomic mass is 10.0. The first-order valence-corrected chi connectivity index (χ1v) is 10.4. The Bertz CT molecular complexity index is 380. The van der Waals surface area contributed by atoms with Crippen LogP contribution in [0.2, 0.25) is 0 Å². The molecule has 36 heavy (non-hydrogen) atoms. The fourth-order valence-electron chi connectivity index (χ4n) is 2.01. The lowest BCUT2D eigenvalue weighted by Crippen LogP contribution is -2.46. The maximum Gasteiger partial charge on any atom is 0.111 e. The lowest BCUT2D eigenvalue weighted by molar-refractivity contribution is -0.123. The molecule has 0 aliphatic carbocycles. The van der Waals surface area contributed by atoms with Gasteiger partial charge in [0.15, 0.2) is 0 Å². The van der Waals surface area contributed by atoms with Crippen LogP contribution in [0.1, 0.15) is 0 Å². The van der Waals surface area contributed by atoms with E-state index in [0.29, 0.717) is 0 Å². The van der Waals surface area contributed by atoms with Gasteiger partial charge in [-0.1, -0.05) is 0 Å². The molecule has 0 rings (SSSR count). The van der Waals surface area contributed by atoms with Gasteiger partial charge in [0, 0.05) is 0 Å². The summed E-state index contributed by atoms with van der Waals surface area (Å²) in [6.45, 7) is -4.35. The Labute approximate surface area is 205 Å². The van der Waals surface area contributed by atoms with E-state index in [1.165, 1.54) is 0 Å². The molecule has 0 fully saturated rings. The second-order valence-corrected chi connectivity index (χ2v) is 7.44. The number of rotatable bonds is 15. The van der Waals surface area contributed by atoms with E-state index < -0.39 is 113 Å². The molecule has 0 bridgehead atoms. The van der Waals surface area contributed by atoms with Crippen molar-refractivity contribution in [3.05, 3.63) is 0 Å². The van der Waals surface area contributed by atoms with Gasteiger partial charge >= 0.3 is 0 Å². The molecular weight excluding hydrogens is 504 g/mol. The highest BCUT2D eigenvalue weighted by Gasteiger charge is 2.31. The van der Waals surface area contributed by atoms with Crippen molar-refractivity contribution in [2.24, 2.45) is 0 Å². The Kier molecular flexibility index (Phi) is 24.6. The lowest BCUT2D eigenvalue weighted by Gasteiger charge is -2.24. The molecule has 0 heterocycles. The largest absolute Gasteiger partial charge is 0.394 e. The molecule has 222 valence electrons. The third kappa shape index (κ3) is 15.5. The molecule has 0 amide bonds. The summed E-state index contributed by atoms with van der Waals surface area (Å²) in [5.41, 5.74) is 0. The van der Waals surface area contributed by atoms with Crippen LogP contribution in [0, 0.1) is 0 Å². The van der Waals surface area contributed by atoms with Gasteiger partial charge in [-0.15, -0.1) is 0 Å². The fraction of sp³-hybridized carbons (Fsp3) is 1.00. The third-order valence-corrected chi connectivity index (χ3v) is 4.54. The van der Waals surface area contributed by atoms with E-state index in [1.54, 1.807) is 0 Å². The normalized spacial score (nSPS) is 21.5. The van der Waals surface area contributed by atoms with Crippen LogP contribution in [0.4, 0.5) is 0 Å². The highest BCUT2D eigenvalue weighted by Crippen LogP contribution is 2.05. The number of hydrogen-bond acceptors (Lipinski definition) is 18. The van der Waals surface area contributed by atoms with Crippen molar-refractivity contribution in [2.75, 3.05) is 39.6 Å². The van der Waals surface area contributed by atoms with Crippen molar-refractivity contribution in [1.82, 2.24) is 0 Å². The zero-order chi connectivity index (χ0) is 29.2. The Hall–Kier alpha value is -0.720. The van der Waals surface area contributed by atoms with E-state index in [0.717, 1.165) is 0 Å². The van der Waals surface area contributed by atoms with E-state index in [1.807, 2.05) is 0 Å². The van der Waals surface area contributed by atoms with Crippen molar-refractivity contribution >= 4 is 0 Å². The minimum atomic E-state index is -1.67. The summed E-state index contributed by atoms with van der Waals surface area (Å²) in [4.78, 5) is 0. The highest BCUT2D eigenvalue weighted by molar-refractivity contribution is 4.81. The van der Waals surface area contributed by atoms with E-state index in [-0.39, 0.29) is 0 Å². The molecule has 0 saturated carbocycles. The average Bonchev–Trinajstić information content (AvgIpc) is 2.92. The molecule has 18 heteroatoms. The molecule has 0 aromatic carbocycles. The summed E-state index contributed by atoms with van der Waals surface area (Å²) in [5.74, 6) is 0. The van der Waals surface area contributed by atoms with Crippen molar-refractivity contribution in [1.29, 1.82) is 0 Å². The molecule has 0 aliphatic rings. The number of aliphatic hydroxyl groups excluding tert-OH is 18. The Morgan fingerprint density at radius 3 is 0.361 bits per heavy atom. The van der Waals surface area contributed by atoms with Crippen molar-refractivity contribution in [3.63, 3.8) is 0 Å². The van der Waals surface area contributed by atoms with Crippen LogP contribution in [0.15, 0.2) is 0 Å². The predicted octanol–water partition coefficient (Wildman–Crippen LogP) is -10.8. The van der Waals surface area contributed by atoms with Gasteiger partial charge in [0.05, 0.1) is 39.6 Å². The van der Waals surface area contributed by atoms with Crippen molar-refractivity contribution in [3.8, 4) is 0 Å². The maximum atomic E-state index is 8.96. The van der Waals surface area contributed by atoms with Crippen LogP contribution >= 0.6 is 0 Å². The minimum absolute atomic E-state index is 0.726. The Balaban J connectivity index is -0.000000454. The topological polar surface area (TPSA) is 364 Å². The van der Waals surface area contributed by atoms with Gasteiger partial charge in [0.1, 0.15) is 73.2 Å². The Morgan fingerprint density at radius 2 is 0.306 bits per heavy atom. The van der Waals surface area contributed by atoms with Gasteiger partial charge in [-0.3, -0.25) is 0 Å². The van der Waals surface area contributed by atoms with Crippen molar-refractivity contribution in [2.45, 2.75) is 73.2 Å². The van der Waals surface area contributed by atoms with Gasteiger partial charge < -0.3 is 91.9 Å². The highest BCUT2D eigenvalue weighted by atomic mass is 16.4. The van der Waals surface area contributed by atoms with Gasteiger partial charge in [0.25, 0.3) is 0 Å². The quantitative estimate of drug-likeness (QED) is 0.0905. The summed E-state index contributed by atoms with van der Waals surface area (Å²) in [5, 5.41) is 157. The molecule has 0 spiro atoms. The molecule has 0 saturated heterocycles. The molecule has 0 radical (unpaired) electrons. The monoisotopic (exact) mass is 546 g/mol. The van der Waals surface area contributed by atoms with Gasteiger partial charge in [-0.25, -0.2) is 0 Å². The van der Waals surface area contributed by atoms with Crippen molar-refractivity contribution < 1.29 is 91.9 Å². The van der Waals surface area contributed by atoms with Crippen LogP contribution in [0.25, 0.3) is 0 Å². The zero-order valence-electron chi connectivity index (χ0n) is 19.2. The molecule has 0 unspecified atom stereocenters. The van der Waals surface area contributed by atoms with E-state index in [9.17, 15) is 0 Å². The first kappa shape index (κ1) is 39.8. The van der Waals surface area contributed by atoms with Crippen LogP contribution in [0.3, 0.4) is 0 Å². The molecule has 18 nitrogen and oxygen atoms in total. The summed E-state index contributed by atoms with van der Waals surface area (Å²) >= 11 is 0. The summed E-state index contributed by atoms with van der Waals surface area (Å²) in [6, 6.07) is 0. The van der Waals surface area contributed by atoms with Gasteiger partial charge in [-0.05, 0) is 0 Å². The standard InChI is InChI=1S/3C6H14O6/c3*7-1-3(9)5(11)6(12)4(10)2-8/h3*3-12H,1-2H2/t3*3-,4+,5-,6-/m111/s1. The summed E-state index contributed by atoms with van der Waals surface area (Å²) in [7, 11) is 0. The third-order valence-electron chi connectivity index (χ3n) is 4.54. The first-order chi connectivity index (χ1) is 16.6. The first-order valence-electron chi connectivity index (χ1n) is 10.4. The predicted molar refractivity (Wildman–Crippen MR) is 115 cm³/mol. The average molecular weight is 547 g/mol. The van der Waals surface area contributed by atoms with Crippen LogP contribution in [-0.4, -0.2) is 205 Å². The zero-order valence-corrected chi connectivity index (χ0v) is 19.2. The van der Waals surface area contributed by atoms with Crippen LogP contribution < -0.4 is 0 Å². The Morgan fingerprint density at radius 1 is 0.222 bits per heavy atom. The molecule has 18 N–H and O–H groups in total. The van der Waals surface area contributed by atoms with E-state index in [4.69, 9.17) is 91.9 Å². The van der Waals surface area contributed by atoms with Crippen LogP contribution in [0.5, 0.6) is 0 Å². The summed E-state index contributed by atoms with van der Waals surface area (Å²) in [6.07, 6.45) is -19.2.